The molecule has 0 fully saturated rings. The fourth-order valence-corrected chi connectivity index (χ4v) is 1.62. The first kappa shape index (κ1) is 15.1. The fraction of sp³-hybridized carbons (Fsp3) is 0.846. The highest BCUT2D eigenvalue weighted by Crippen LogP contribution is 1.94. The molecule has 18 heavy (non-hydrogen) atoms. The van der Waals surface area contributed by atoms with E-state index in [-0.39, 0.29) is 0 Å². The van der Waals surface area contributed by atoms with E-state index < -0.39 is 0 Å². The van der Waals surface area contributed by atoms with Crippen LogP contribution in [0.3, 0.4) is 0 Å². The highest BCUT2D eigenvalue weighted by molar-refractivity contribution is 4.93. The average Bonchev–Trinajstić information content (AvgIpc) is 2.76. The number of rotatable bonds is 9. The Hall–Kier alpha value is -0.940. The van der Waals surface area contributed by atoms with Gasteiger partial charge in [0.05, 0.1) is 12.2 Å². The monoisotopic (exact) mass is 253 g/mol. The third kappa shape index (κ3) is 6.12. The van der Waals surface area contributed by atoms with Crippen LogP contribution < -0.4 is 10.6 Å². The Labute approximate surface area is 110 Å². The van der Waals surface area contributed by atoms with Crippen LogP contribution in [-0.4, -0.2) is 40.2 Å². The van der Waals surface area contributed by atoms with Gasteiger partial charge in [0.2, 0.25) is 0 Å². The van der Waals surface area contributed by atoms with Crippen molar-refractivity contribution >= 4 is 0 Å². The Morgan fingerprint density at radius 1 is 1.22 bits per heavy atom. The van der Waals surface area contributed by atoms with Gasteiger partial charge >= 0.3 is 0 Å². The molecule has 0 saturated heterocycles. The summed E-state index contributed by atoms with van der Waals surface area (Å²) in [5.74, 6) is 0. The van der Waals surface area contributed by atoms with Crippen LogP contribution in [-0.2, 0) is 13.0 Å². The molecule has 0 amide bonds. The molecule has 0 aliphatic rings. The van der Waals surface area contributed by atoms with Gasteiger partial charge in [0.15, 0.2) is 0 Å². The quantitative estimate of drug-likeness (QED) is 0.694. The number of nitrogens with zero attached hydrogens (tertiary/aromatic N) is 3. The summed E-state index contributed by atoms with van der Waals surface area (Å²) in [5, 5.41) is 15.1. The van der Waals surface area contributed by atoms with Crippen LogP contribution in [0.2, 0.25) is 0 Å². The number of nitrogens with one attached hydrogen (secondary N) is 2. The normalized spacial score (nSPS) is 13.2. The SMILES string of the molecule is CCC(C)NCCn1cc(CCNC(C)C)nn1. The first-order valence-corrected chi connectivity index (χ1v) is 6.97. The Kier molecular flexibility index (Phi) is 6.90. The summed E-state index contributed by atoms with van der Waals surface area (Å²) in [7, 11) is 0. The fourth-order valence-electron chi connectivity index (χ4n) is 1.62. The van der Waals surface area contributed by atoms with Gasteiger partial charge < -0.3 is 10.6 Å². The van der Waals surface area contributed by atoms with E-state index >= 15 is 0 Å². The van der Waals surface area contributed by atoms with E-state index in [1.165, 1.54) is 0 Å². The van der Waals surface area contributed by atoms with E-state index in [0.29, 0.717) is 12.1 Å². The van der Waals surface area contributed by atoms with Crippen LogP contribution in [0.25, 0.3) is 0 Å². The van der Waals surface area contributed by atoms with Gasteiger partial charge in [-0.05, 0) is 13.3 Å². The van der Waals surface area contributed by atoms with Gasteiger partial charge in [-0.3, -0.25) is 4.68 Å². The summed E-state index contributed by atoms with van der Waals surface area (Å²) in [5.41, 5.74) is 1.06. The van der Waals surface area contributed by atoms with Gasteiger partial charge in [-0.1, -0.05) is 26.0 Å². The Bertz CT molecular complexity index is 321. The molecule has 0 aromatic carbocycles. The van der Waals surface area contributed by atoms with Crippen molar-refractivity contribution in [2.24, 2.45) is 0 Å². The summed E-state index contributed by atoms with van der Waals surface area (Å²) >= 11 is 0. The van der Waals surface area contributed by atoms with Crippen molar-refractivity contribution in [3.63, 3.8) is 0 Å². The minimum atomic E-state index is 0.528. The summed E-state index contributed by atoms with van der Waals surface area (Å²) in [4.78, 5) is 0. The summed E-state index contributed by atoms with van der Waals surface area (Å²) in [6, 6.07) is 1.10. The molecular weight excluding hydrogens is 226 g/mol. The molecule has 0 aliphatic carbocycles. The summed E-state index contributed by atoms with van der Waals surface area (Å²) < 4.78 is 1.92. The van der Waals surface area contributed by atoms with Crippen LogP contribution in [0, 0.1) is 0 Å². The Morgan fingerprint density at radius 3 is 2.67 bits per heavy atom. The summed E-state index contributed by atoms with van der Waals surface area (Å²) in [6.45, 7) is 11.5. The van der Waals surface area contributed by atoms with Crippen molar-refractivity contribution in [1.82, 2.24) is 25.6 Å². The molecule has 0 radical (unpaired) electrons. The zero-order chi connectivity index (χ0) is 13.4. The molecule has 1 atom stereocenters. The van der Waals surface area contributed by atoms with Gasteiger partial charge in [-0.2, -0.15) is 0 Å². The minimum absolute atomic E-state index is 0.528. The maximum Gasteiger partial charge on any atom is 0.0839 e. The molecule has 0 saturated carbocycles. The van der Waals surface area contributed by atoms with Crippen molar-refractivity contribution in [3.8, 4) is 0 Å². The van der Waals surface area contributed by atoms with E-state index in [1.54, 1.807) is 0 Å². The molecule has 2 N–H and O–H groups in total. The van der Waals surface area contributed by atoms with E-state index in [1.807, 2.05) is 10.9 Å². The van der Waals surface area contributed by atoms with Crippen molar-refractivity contribution in [2.45, 2.75) is 59.2 Å². The molecule has 0 bridgehead atoms. The van der Waals surface area contributed by atoms with Gasteiger partial charge in [0.25, 0.3) is 0 Å². The van der Waals surface area contributed by atoms with Crippen molar-refractivity contribution in [1.29, 1.82) is 0 Å². The standard InChI is InChI=1S/C13H27N5/c1-5-12(4)15-8-9-18-10-13(16-17-18)6-7-14-11(2)3/h10-12,14-15H,5-9H2,1-4H3. The largest absolute Gasteiger partial charge is 0.314 e. The lowest BCUT2D eigenvalue weighted by atomic mass is 10.2. The second-order valence-electron chi connectivity index (χ2n) is 5.10. The van der Waals surface area contributed by atoms with Gasteiger partial charge in [0, 0.05) is 37.8 Å². The molecule has 5 heteroatoms. The van der Waals surface area contributed by atoms with Crippen LogP contribution in [0.5, 0.6) is 0 Å². The van der Waals surface area contributed by atoms with Crippen LogP contribution >= 0.6 is 0 Å². The topological polar surface area (TPSA) is 54.8 Å². The lowest BCUT2D eigenvalue weighted by molar-refractivity contribution is 0.481. The molecule has 0 aliphatic heterocycles. The lowest BCUT2D eigenvalue weighted by Gasteiger charge is -2.10. The molecular formula is C13H27N5. The Balaban J connectivity index is 2.21. The molecule has 5 nitrogen and oxygen atoms in total. The van der Waals surface area contributed by atoms with E-state index in [2.05, 4.69) is 48.6 Å². The van der Waals surface area contributed by atoms with E-state index in [9.17, 15) is 0 Å². The minimum Gasteiger partial charge on any atom is -0.314 e. The third-order valence-corrected chi connectivity index (χ3v) is 2.97. The number of aromatic nitrogens is 3. The van der Waals surface area contributed by atoms with Crippen LogP contribution in [0.4, 0.5) is 0 Å². The predicted molar refractivity (Wildman–Crippen MR) is 74.6 cm³/mol. The van der Waals surface area contributed by atoms with Crippen molar-refractivity contribution < 1.29 is 0 Å². The van der Waals surface area contributed by atoms with Crippen LogP contribution in [0.15, 0.2) is 6.20 Å². The van der Waals surface area contributed by atoms with Gasteiger partial charge in [0.1, 0.15) is 0 Å². The second-order valence-corrected chi connectivity index (χ2v) is 5.10. The maximum atomic E-state index is 4.18. The molecule has 1 rings (SSSR count). The lowest BCUT2D eigenvalue weighted by Crippen LogP contribution is -2.28. The van der Waals surface area contributed by atoms with E-state index in [0.717, 1.165) is 38.2 Å². The second kappa shape index (κ2) is 8.21. The zero-order valence-electron chi connectivity index (χ0n) is 12.1. The highest BCUT2D eigenvalue weighted by Gasteiger charge is 2.02. The van der Waals surface area contributed by atoms with E-state index in [4.69, 9.17) is 0 Å². The van der Waals surface area contributed by atoms with Gasteiger partial charge in [-0.25, -0.2) is 0 Å². The first-order valence-electron chi connectivity index (χ1n) is 6.97. The van der Waals surface area contributed by atoms with Crippen molar-refractivity contribution in [3.05, 3.63) is 11.9 Å². The predicted octanol–water partition coefficient (Wildman–Crippen LogP) is 1.21. The van der Waals surface area contributed by atoms with Crippen molar-refractivity contribution in [2.75, 3.05) is 13.1 Å². The number of hydrogen-bond donors (Lipinski definition) is 2. The molecule has 0 spiro atoms. The molecule has 1 heterocycles. The Morgan fingerprint density at radius 2 is 2.00 bits per heavy atom. The molecule has 1 unspecified atom stereocenters. The first-order chi connectivity index (χ1) is 8.61. The zero-order valence-corrected chi connectivity index (χ0v) is 12.1. The van der Waals surface area contributed by atoms with Crippen LogP contribution in [0.1, 0.15) is 39.8 Å². The molecule has 1 aromatic rings. The highest BCUT2D eigenvalue weighted by atomic mass is 15.4. The molecule has 104 valence electrons. The third-order valence-electron chi connectivity index (χ3n) is 2.97. The van der Waals surface area contributed by atoms with Gasteiger partial charge in [-0.15, -0.1) is 5.10 Å². The maximum absolute atomic E-state index is 4.18. The molecule has 1 aromatic heterocycles. The average molecular weight is 253 g/mol. The summed E-state index contributed by atoms with van der Waals surface area (Å²) in [6.07, 6.45) is 4.14. The smallest absolute Gasteiger partial charge is 0.0839 e. The number of hydrogen-bond acceptors (Lipinski definition) is 4.